The van der Waals surface area contributed by atoms with Crippen molar-refractivity contribution in [1.29, 1.82) is 0 Å². The normalized spacial score (nSPS) is 10.5. The standard InChI is InChI=1S/C20H20P.C2H4O2/c1-2-21(18-12-6-3-7-13-18,19-14-8-4-9-15-19)20-16-10-5-11-17-20;1-2(3)4/h3-17H,2H2,1H3;1H3,(H,3,4)/q+1;. The zero-order chi connectivity index (χ0) is 18.1. The van der Waals surface area contributed by atoms with E-state index in [1.54, 1.807) is 0 Å². The molecule has 0 aliphatic heterocycles. The van der Waals surface area contributed by atoms with Crippen LogP contribution < -0.4 is 15.9 Å². The summed E-state index contributed by atoms with van der Waals surface area (Å²) in [5.74, 6) is -0.833. The van der Waals surface area contributed by atoms with Crippen LogP contribution in [-0.4, -0.2) is 17.2 Å². The second-order valence-electron chi connectivity index (χ2n) is 5.65. The van der Waals surface area contributed by atoms with Crippen LogP contribution in [-0.2, 0) is 4.79 Å². The first-order chi connectivity index (χ1) is 12.1. The van der Waals surface area contributed by atoms with Gasteiger partial charge in [-0.05, 0) is 43.3 Å². The van der Waals surface area contributed by atoms with Crippen molar-refractivity contribution >= 4 is 29.1 Å². The Kier molecular flexibility index (Phi) is 6.91. The molecule has 0 saturated carbocycles. The largest absolute Gasteiger partial charge is 0.481 e. The Bertz CT molecular complexity index is 670. The van der Waals surface area contributed by atoms with Gasteiger partial charge in [-0.2, -0.15) is 0 Å². The summed E-state index contributed by atoms with van der Waals surface area (Å²) < 4.78 is 0. The van der Waals surface area contributed by atoms with Crippen LogP contribution in [0.4, 0.5) is 0 Å². The molecule has 1 N–H and O–H groups in total. The molecule has 0 unspecified atom stereocenters. The monoisotopic (exact) mass is 351 g/mol. The number of hydrogen-bond donors (Lipinski definition) is 1. The maximum atomic E-state index is 9.00. The fraction of sp³-hybridized carbons (Fsp3) is 0.136. The van der Waals surface area contributed by atoms with Gasteiger partial charge in [0.25, 0.3) is 5.97 Å². The number of rotatable bonds is 4. The number of carbonyl (C=O) groups is 1. The van der Waals surface area contributed by atoms with Crippen molar-refractivity contribution in [2.75, 3.05) is 6.16 Å². The number of carboxylic acids is 1. The Morgan fingerprint density at radius 2 is 0.960 bits per heavy atom. The third kappa shape index (κ3) is 4.55. The van der Waals surface area contributed by atoms with Crippen LogP contribution in [0.2, 0.25) is 0 Å². The van der Waals surface area contributed by atoms with Gasteiger partial charge < -0.3 is 5.11 Å². The molecule has 3 aromatic carbocycles. The van der Waals surface area contributed by atoms with E-state index in [2.05, 4.69) is 97.9 Å². The summed E-state index contributed by atoms with van der Waals surface area (Å²) in [5, 5.41) is 11.8. The van der Waals surface area contributed by atoms with Gasteiger partial charge in [0, 0.05) is 6.92 Å². The molecule has 3 heteroatoms. The van der Waals surface area contributed by atoms with E-state index in [0.717, 1.165) is 13.1 Å². The van der Waals surface area contributed by atoms with Gasteiger partial charge in [0.15, 0.2) is 0 Å². The third-order valence-corrected chi connectivity index (χ3v) is 8.55. The smallest absolute Gasteiger partial charge is 0.300 e. The molecule has 0 aliphatic rings. The van der Waals surface area contributed by atoms with Crippen molar-refractivity contribution in [3.8, 4) is 0 Å². The van der Waals surface area contributed by atoms with E-state index < -0.39 is 13.2 Å². The summed E-state index contributed by atoms with van der Waals surface area (Å²) in [7, 11) is -1.53. The molecule has 128 valence electrons. The van der Waals surface area contributed by atoms with E-state index in [-0.39, 0.29) is 0 Å². The number of aliphatic carboxylic acids is 1. The fourth-order valence-corrected chi connectivity index (χ4v) is 7.08. The summed E-state index contributed by atoms with van der Waals surface area (Å²) in [6.45, 7) is 3.40. The highest BCUT2D eigenvalue weighted by molar-refractivity contribution is 7.95. The number of hydrogen-bond acceptors (Lipinski definition) is 1. The molecule has 0 heterocycles. The van der Waals surface area contributed by atoms with E-state index in [0.29, 0.717) is 0 Å². The lowest BCUT2D eigenvalue weighted by atomic mass is 10.4. The van der Waals surface area contributed by atoms with E-state index in [1.165, 1.54) is 15.9 Å². The average molecular weight is 351 g/mol. The van der Waals surface area contributed by atoms with Crippen LogP contribution in [0.3, 0.4) is 0 Å². The van der Waals surface area contributed by atoms with E-state index >= 15 is 0 Å². The van der Waals surface area contributed by atoms with Crippen molar-refractivity contribution < 1.29 is 9.90 Å². The first kappa shape index (κ1) is 18.9. The molecule has 0 aliphatic carbocycles. The molecular weight excluding hydrogens is 327 g/mol. The Balaban J connectivity index is 0.000000511. The van der Waals surface area contributed by atoms with Crippen LogP contribution in [0.1, 0.15) is 13.8 Å². The fourth-order valence-electron chi connectivity index (χ4n) is 3.04. The van der Waals surface area contributed by atoms with E-state index in [1.807, 2.05) is 0 Å². The van der Waals surface area contributed by atoms with Gasteiger partial charge in [0.1, 0.15) is 23.2 Å². The van der Waals surface area contributed by atoms with Gasteiger partial charge in [-0.15, -0.1) is 0 Å². The van der Waals surface area contributed by atoms with Crippen LogP contribution in [0.25, 0.3) is 0 Å². The third-order valence-electron chi connectivity index (χ3n) is 4.07. The molecule has 0 radical (unpaired) electrons. The minimum atomic E-state index is -1.53. The predicted molar refractivity (Wildman–Crippen MR) is 109 cm³/mol. The quantitative estimate of drug-likeness (QED) is 0.719. The van der Waals surface area contributed by atoms with Crippen molar-refractivity contribution in [2.24, 2.45) is 0 Å². The maximum absolute atomic E-state index is 9.00. The van der Waals surface area contributed by atoms with Crippen molar-refractivity contribution in [3.05, 3.63) is 91.0 Å². The molecule has 0 fully saturated rings. The van der Waals surface area contributed by atoms with Crippen molar-refractivity contribution in [3.63, 3.8) is 0 Å². The highest BCUT2D eigenvalue weighted by atomic mass is 31.2. The van der Waals surface area contributed by atoms with Crippen LogP contribution in [0.5, 0.6) is 0 Å². The molecule has 0 atom stereocenters. The van der Waals surface area contributed by atoms with Crippen molar-refractivity contribution in [2.45, 2.75) is 13.8 Å². The molecule has 0 aromatic heterocycles. The van der Waals surface area contributed by atoms with Gasteiger partial charge in [-0.25, -0.2) is 0 Å². The van der Waals surface area contributed by atoms with Gasteiger partial charge in [0.05, 0.1) is 6.16 Å². The molecule has 0 amide bonds. The first-order valence-electron chi connectivity index (χ1n) is 8.35. The zero-order valence-corrected chi connectivity index (χ0v) is 15.6. The topological polar surface area (TPSA) is 37.3 Å². The summed E-state index contributed by atoms with van der Waals surface area (Å²) in [6.07, 6.45) is 1.14. The molecule has 3 rings (SSSR count). The molecule has 25 heavy (non-hydrogen) atoms. The lowest BCUT2D eigenvalue weighted by Crippen LogP contribution is -2.32. The Morgan fingerprint density at radius 1 is 0.720 bits per heavy atom. The van der Waals surface area contributed by atoms with Crippen LogP contribution in [0.15, 0.2) is 91.0 Å². The highest BCUT2D eigenvalue weighted by Gasteiger charge is 2.43. The molecule has 0 bridgehead atoms. The van der Waals surface area contributed by atoms with Gasteiger partial charge in [0.2, 0.25) is 0 Å². The van der Waals surface area contributed by atoms with Crippen molar-refractivity contribution in [1.82, 2.24) is 0 Å². The van der Waals surface area contributed by atoms with Gasteiger partial charge in [-0.3, -0.25) is 4.79 Å². The summed E-state index contributed by atoms with van der Waals surface area (Å²) in [4.78, 5) is 9.00. The molecule has 2 nitrogen and oxygen atoms in total. The minimum absolute atomic E-state index is 0.833. The SMILES string of the molecule is CC(=O)O.CC[P+](c1ccccc1)(c1ccccc1)c1ccccc1. The van der Waals surface area contributed by atoms with E-state index in [9.17, 15) is 0 Å². The predicted octanol–water partition coefficient (Wildman–Crippen LogP) is 4.09. The summed E-state index contributed by atoms with van der Waals surface area (Å²) in [6, 6.07) is 33.0. The second-order valence-corrected chi connectivity index (χ2v) is 9.45. The average Bonchev–Trinajstić information content (AvgIpc) is 2.65. The maximum Gasteiger partial charge on any atom is 0.300 e. The first-order valence-corrected chi connectivity index (χ1v) is 10.3. The summed E-state index contributed by atoms with van der Waals surface area (Å²) >= 11 is 0. The number of carboxylic acid groups (broad SMARTS) is 1. The number of benzene rings is 3. The second kappa shape index (κ2) is 9.15. The Hall–Kier alpha value is -2.44. The zero-order valence-electron chi connectivity index (χ0n) is 14.7. The molecule has 3 aromatic rings. The summed E-state index contributed by atoms with van der Waals surface area (Å²) in [5.41, 5.74) is 0. The highest BCUT2D eigenvalue weighted by Crippen LogP contribution is 2.54. The minimum Gasteiger partial charge on any atom is -0.481 e. The molecule has 0 saturated heterocycles. The van der Waals surface area contributed by atoms with Crippen LogP contribution in [0, 0.1) is 0 Å². The Morgan fingerprint density at radius 3 is 1.16 bits per heavy atom. The Labute approximate surface area is 150 Å². The van der Waals surface area contributed by atoms with Gasteiger partial charge in [-0.1, -0.05) is 54.6 Å². The van der Waals surface area contributed by atoms with E-state index in [4.69, 9.17) is 9.90 Å². The van der Waals surface area contributed by atoms with Gasteiger partial charge >= 0.3 is 0 Å². The lowest BCUT2D eigenvalue weighted by Gasteiger charge is -2.26. The van der Waals surface area contributed by atoms with Crippen LogP contribution >= 0.6 is 7.26 Å². The lowest BCUT2D eigenvalue weighted by molar-refractivity contribution is -0.134. The molecule has 0 spiro atoms. The molecular formula is C22H24O2P+.